The molecule has 1 aromatic carbocycles. The van der Waals surface area contributed by atoms with Gasteiger partial charge in [0.25, 0.3) is 0 Å². The Morgan fingerprint density at radius 3 is 2.76 bits per heavy atom. The van der Waals surface area contributed by atoms with E-state index in [4.69, 9.17) is 27.9 Å². The molecule has 0 unspecified atom stereocenters. The van der Waals surface area contributed by atoms with Gasteiger partial charge in [-0.05, 0) is 29.1 Å². The molecule has 0 saturated carbocycles. The predicted octanol–water partition coefficient (Wildman–Crippen LogP) is 4.76. The summed E-state index contributed by atoms with van der Waals surface area (Å²) in [6.07, 6.45) is 0.908. The number of halogens is 2. The zero-order chi connectivity index (χ0) is 12.1. The lowest BCUT2D eigenvalue weighted by atomic mass is 10.2. The molecule has 0 aliphatic carbocycles. The maximum atomic E-state index is 6.09. The molecule has 0 aliphatic heterocycles. The highest BCUT2D eigenvalue weighted by Gasteiger charge is 2.03. The molecule has 2 rings (SSSR count). The lowest BCUT2D eigenvalue weighted by molar-refractivity contribution is 0.323. The Balaban J connectivity index is 1.90. The Morgan fingerprint density at radius 1 is 1.24 bits per heavy atom. The minimum atomic E-state index is 0.467. The van der Waals surface area contributed by atoms with E-state index in [0.717, 1.165) is 17.7 Å². The van der Waals surface area contributed by atoms with Gasteiger partial charge in [-0.15, -0.1) is 22.9 Å². The van der Waals surface area contributed by atoms with Crippen LogP contribution in [0.2, 0.25) is 5.02 Å². The van der Waals surface area contributed by atoms with Gasteiger partial charge in [0.05, 0.1) is 11.6 Å². The van der Waals surface area contributed by atoms with Crippen molar-refractivity contribution in [3.05, 3.63) is 51.2 Å². The number of alkyl halides is 1. The van der Waals surface area contributed by atoms with E-state index in [2.05, 4.69) is 11.4 Å². The van der Waals surface area contributed by atoms with E-state index in [1.54, 1.807) is 11.3 Å². The lowest BCUT2D eigenvalue weighted by Crippen LogP contribution is -2.00. The normalized spacial score (nSPS) is 10.5. The topological polar surface area (TPSA) is 9.23 Å². The van der Waals surface area contributed by atoms with Gasteiger partial charge in [-0.2, -0.15) is 0 Å². The van der Waals surface area contributed by atoms with Crippen molar-refractivity contribution in [2.24, 2.45) is 0 Å². The maximum Gasteiger partial charge on any atom is 0.137 e. The summed E-state index contributed by atoms with van der Waals surface area (Å²) >= 11 is 13.6. The summed E-state index contributed by atoms with van der Waals surface area (Å²) in [4.78, 5) is 1.32. The first-order valence-corrected chi connectivity index (χ1v) is 7.08. The molecule has 0 fully saturated rings. The van der Waals surface area contributed by atoms with Gasteiger partial charge in [0, 0.05) is 17.2 Å². The highest BCUT2D eigenvalue weighted by Crippen LogP contribution is 2.26. The molecule has 1 aromatic heterocycles. The average molecular weight is 287 g/mol. The fourth-order valence-corrected chi connectivity index (χ4v) is 2.58. The molecule has 0 aliphatic rings. The van der Waals surface area contributed by atoms with Crippen molar-refractivity contribution in [3.8, 4) is 5.75 Å². The van der Waals surface area contributed by atoms with Crippen LogP contribution in [-0.4, -0.2) is 6.61 Å². The Bertz CT molecular complexity index is 468. The minimum absolute atomic E-state index is 0.467. The summed E-state index contributed by atoms with van der Waals surface area (Å²) in [6, 6.07) is 9.79. The molecule has 0 atom stereocenters. The van der Waals surface area contributed by atoms with Gasteiger partial charge in [0.1, 0.15) is 5.75 Å². The average Bonchev–Trinajstić information content (AvgIpc) is 2.84. The molecule has 1 heterocycles. The molecule has 4 heteroatoms. The summed E-state index contributed by atoms with van der Waals surface area (Å²) in [5.41, 5.74) is 1.00. The van der Waals surface area contributed by atoms with Gasteiger partial charge in [-0.3, -0.25) is 0 Å². The third-order valence-electron chi connectivity index (χ3n) is 2.34. The molecule has 90 valence electrons. The summed E-state index contributed by atoms with van der Waals surface area (Å²) < 4.78 is 5.64. The molecule has 17 heavy (non-hydrogen) atoms. The highest BCUT2D eigenvalue weighted by molar-refractivity contribution is 7.09. The van der Waals surface area contributed by atoms with Gasteiger partial charge >= 0.3 is 0 Å². The van der Waals surface area contributed by atoms with E-state index in [-0.39, 0.29) is 0 Å². The van der Waals surface area contributed by atoms with Crippen molar-refractivity contribution in [2.45, 2.75) is 12.3 Å². The van der Waals surface area contributed by atoms with Gasteiger partial charge in [0.2, 0.25) is 0 Å². The fourth-order valence-electron chi connectivity index (χ4n) is 1.46. The molecule has 1 nitrogen and oxygen atoms in total. The molecular weight excluding hydrogens is 275 g/mol. The largest absolute Gasteiger partial charge is 0.492 e. The van der Waals surface area contributed by atoms with Crippen molar-refractivity contribution in [1.82, 2.24) is 0 Å². The number of benzene rings is 1. The van der Waals surface area contributed by atoms with E-state index in [9.17, 15) is 0 Å². The van der Waals surface area contributed by atoms with Crippen LogP contribution in [0, 0.1) is 0 Å². The molecule has 0 radical (unpaired) electrons. The Hall–Kier alpha value is -0.700. The Kier molecular flexibility index (Phi) is 4.72. The van der Waals surface area contributed by atoms with Gasteiger partial charge in [-0.1, -0.05) is 23.7 Å². The number of rotatable bonds is 5. The van der Waals surface area contributed by atoms with Crippen LogP contribution in [0.1, 0.15) is 10.4 Å². The van der Waals surface area contributed by atoms with Crippen LogP contribution < -0.4 is 4.74 Å². The summed E-state index contributed by atoms with van der Waals surface area (Å²) in [7, 11) is 0. The standard InChI is InChI=1S/C13H12Cl2OS/c14-9-10-3-4-13(12(15)8-10)16-6-5-11-2-1-7-17-11/h1-4,7-8H,5-6,9H2. The quantitative estimate of drug-likeness (QED) is 0.720. The lowest BCUT2D eigenvalue weighted by Gasteiger charge is -2.08. The second-order valence-electron chi connectivity index (χ2n) is 3.58. The highest BCUT2D eigenvalue weighted by atomic mass is 35.5. The van der Waals surface area contributed by atoms with E-state index in [1.165, 1.54) is 4.88 Å². The second kappa shape index (κ2) is 6.29. The van der Waals surface area contributed by atoms with Gasteiger partial charge in [-0.25, -0.2) is 0 Å². The first-order valence-electron chi connectivity index (χ1n) is 5.29. The van der Waals surface area contributed by atoms with Crippen molar-refractivity contribution in [2.75, 3.05) is 6.61 Å². The first kappa shape index (κ1) is 12.7. The van der Waals surface area contributed by atoms with Crippen LogP contribution in [0.15, 0.2) is 35.7 Å². The van der Waals surface area contributed by atoms with E-state index in [0.29, 0.717) is 17.5 Å². The third kappa shape index (κ3) is 3.63. The van der Waals surface area contributed by atoms with Crippen molar-refractivity contribution < 1.29 is 4.74 Å². The van der Waals surface area contributed by atoms with Crippen LogP contribution in [-0.2, 0) is 12.3 Å². The first-order chi connectivity index (χ1) is 8.29. The maximum absolute atomic E-state index is 6.09. The van der Waals surface area contributed by atoms with Crippen molar-refractivity contribution in [1.29, 1.82) is 0 Å². The second-order valence-corrected chi connectivity index (χ2v) is 5.28. The summed E-state index contributed by atoms with van der Waals surface area (Å²) in [5.74, 6) is 1.19. The molecule has 2 aromatic rings. The number of hydrogen-bond donors (Lipinski definition) is 0. The van der Waals surface area contributed by atoms with Crippen LogP contribution >= 0.6 is 34.5 Å². The predicted molar refractivity (Wildman–Crippen MR) is 74.5 cm³/mol. The van der Waals surface area contributed by atoms with E-state index in [1.807, 2.05) is 24.3 Å². The number of ether oxygens (including phenoxy) is 1. The smallest absolute Gasteiger partial charge is 0.137 e. The van der Waals surface area contributed by atoms with Gasteiger partial charge < -0.3 is 4.74 Å². The van der Waals surface area contributed by atoms with Crippen molar-refractivity contribution in [3.63, 3.8) is 0 Å². The molecule has 0 bridgehead atoms. The van der Waals surface area contributed by atoms with Crippen LogP contribution in [0.5, 0.6) is 5.75 Å². The molecule has 0 N–H and O–H groups in total. The van der Waals surface area contributed by atoms with Crippen LogP contribution in [0.4, 0.5) is 0 Å². The Labute approximate surface area is 115 Å². The van der Waals surface area contributed by atoms with E-state index >= 15 is 0 Å². The monoisotopic (exact) mass is 286 g/mol. The molecule has 0 spiro atoms. The van der Waals surface area contributed by atoms with Gasteiger partial charge in [0.15, 0.2) is 0 Å². The van der Waals surface area contributed by atoms with Crippen LogP contribution in [0.25, 0.3) is 0 Å². The molecule has 0 amide bonds. The Morgan fingerprint density at radius 2 is 2.12 bits per heavy atom. The summed E-state index contributed by atoms with van der Waals surface area (Å²) in [5, 5.41) is 2.69. The van der Waals surface area contributed by atoms with Crippen molar-refractivity contribution >= 4 is 34.5 Å². The fraction of sp³-hybridized carbons (Fsp3) is 0.231. The zero-order valence-corrected chi connectivity index (χ0v) is 11.5. The van der Waals surface area contributed by atoms with E-state index < -0.39 is 0 Å². The third-order valence-corrected chi connectivity index (χ3v) is 3.88. The minimum Gasteiger partial charge on any atom is -0.492 e. The number of thiophene rings is 1. The summed E-state index contributed by atoms with van der Waals surface area (Å²) in [6.45, 7) is 0.639. The molecule has 0 saturated heterocycles. The molecular formula is C13H12Cl2OS. The number of hydrogen-bond acceptors (Lipinski definition) is 2. The van der Waals surface area contributed by atoms with Crippen LogP contribution in [0.3, 0.4) is 0 Å². The zero-order valence-electron chi connectivity index (χ0n) is 9.16. The SMILES string of the molecule is ClCc1ccc(OCCc2cccs2)c(Cl)c1.